The molecule has 2 aromatic heterocycles. The van der Waals surface area contributed by atoms with E-state index in [1.54, 1.807) is 23.0 Å². The minimum atomic E-state index is -0.924. The van der Waals surface area contributed by atoms with Crippen LogP contribution in [0.2, 0.25) is 0 Å². The maximum Gasteiger partial charge on any atom is 0.251 e. The van der Waals surface area contributed by atoms with Gasteiger partial charge in [-0.15, -0.1) is 5.10 Å². The van der Waals surface area contributed by atoms with Gasteiger partial charge in [0.1, 0.15) is 29.8 Å². The van der Waals surface area contributed by atoms with Crippen LogP contribution in [0.4, 0.5) is 13.2 Å². The zero-order valence-electron chi connectivity index (χ0n) is 20.6. The summed E-state index contributed by atoms with van der Waals surface area (Å²) >= 11 is 3.28. The summed E-state index contributed by atoms with van der Waals surface area (Å²) in [6.07, 6.45) is 3.59. The number of primary amides is 1. The van der Waals surface area contributed by atoms with Crippen LogP contribution in [0.25, 0.3) is 11.1 Å². The number of nitrogens with zero attached hydrogens (tertiary/aromatic N) is 4. The van der Waals surface area contributed by atoms with Crippen molar-refractivity contribution in [2.45, 2.75) is 44.1 Å². The number of nitrogens with two attached hydrogens (primary N) is 1. The molecule has 7 nitrogen and oxygen atoms in total. The Kier molecular flexibility index (Phi) is 7.60. The third kappa shape index (κ3) is 6.25. The standard InChI is InChI=1S/C28H23BrF3N5O2/c29-28-35-27(16-3-4-16)37(36-28)14-21(38)11-18(8-15-9-19(30)13-20(31)10-15)25-22(2-1-7-34-25)17-5-6-24(32)23(12-17)26(33)39/h1-2,5-7,9-10,12-13,16,18H,3-4,8,11,14H2,(H2,33,39)/t18-/m1/s1. The Morgan fingerprint density at radius 3 is 2.51 bits per heavy atom. The van der Waals surface area contributed by atoms with Crippen molar-refractivity contribution in [3.05, 3.63) is 99.6 Å². The quantitative estimate of drug-likeness (QED) is 0.260. The molecule has 0 unspecified atom stereocenters. The molecule has 2 heterocycles. The number of carbonyl (C=O) groups is 2. The molecule has 39 heavy (non-hydrogen) atoms. The van der Waals surface area contributed by atoms with Gasteiger partial charge < -0.3 is 5.73 Å². The molecule has 1 amide bonds. The first-order valence-corrected chi connectivity index (χ1v) is 13.1. The molecule has 2 N–H and O–H groups in total. The van der Waals surface area contributed by atoms with Crippen molar-refractivity contribution in [1.82, 2.24) is 19.7 Å². The summed E-state index contributed by atoms with van der Waals surface area (Å²) in [6, 6.07) is 10.5. The minimum Gasteiger partial charge on any atom is -0.366 e. The van der Waals surface area contributed by atoms with Crippen LogP contribution in [0, 0.1) is 17.5 Å². The Labute approximate surface area is 230 Å². The Morgan fingerprint density at radius 1 is 1.08 bits per heavy atom. The number of aromatic nitrogens is 4. The van der Waals surface area contributed by atoms with Crippen molar-refractivity contribution in [3.8, 4) is 11.1 Å². The van der Waals surface area contributed by atoms with Crippen LogP contribution < -0.4 is 5.73 Å². The Hall–Kier alpha value is -3.86. The van der Waals surface area contributed by atoms with E-state index in [1.807, 2.05) is 0 Å². The van der Waals surface area contributed by atoms with Gasteiger partial charge in [-0.25, -0.2) is 22.8 Å². The summed E-state index contributed by atoms with van der Waals surface area (Å²) < 4.78 is 44.2. The van der Waals surface area contributed by atoms with Gasteiger partial charge in [0.25, 0.3) is 5.91 Å². The summed E-state index contributed by atoms with van der Waals surface area (Å²) in [5, 5.41) is 4.31. The van der Waals surface area contributed by atoms with Gasteiger partial charge in [0.15, 0.2) is 5.78 Å². The van der Waals surface area contributed by atoms with E-state index in [-0.39, 0.29) is 36.7 Å². The van der Waals surface area contributed by atoms with Gasteiger partial charge >= 0.3 is 0 Å². The first-order chi connectivity index (χ1) is 18.7. The molecule has 0 radical (unpaired) electrons. The maximum absolute atomic E-state index is 14.2. The molecule has 1 aliphatic rings. The number of benzene rings is 2. The number of pyridine rings is 1. The number of hydrogen-bond acceptors (Lipinski definition) is 5. The first-order valence-electron chi connectivity index (χ1n) is 12.3. The second kappa shape index (κ2) is 11.1. The van der Waals surface area contributed by atoms with Crippen LogP contribution in [0.1, 0.15) is 58.5 Å². The molecular weight excluding hydrogens is 575 g/mol. The SMILES string of the molecule is NC(=O)c1cc(-c2cccnc2[C@@H](CC(=O)Cn2nc(Br)nc2C2CC2)Cc2cc(F)cc(F)c2)ccc1F. The van der Waals surface area contributed by atoms with E-state index >= 15 is 0 Å². The van der Waals surface area contributed by atoms with Gasteiger partial charge in [-0.3, -0.25) is 14.6 Å². The first kappa shape index (κ1) is 26.7. The van der Waals surface area contributed by atoms with Crippen LogP contribution in [-0.4, -0.2) is 31.4 Å². The second-order valence-electron chi connectivity index (χ2n) is 9.59. The highest BCUT2D eigenvalue weighted by Gasteiger charge is 2.31. The Morgan fingerprint density at radius 2 is 1.82 bits per heavy atom. The molecular formula is C28H23BrF3N5O2. The molecule has 11 heteroatoms. The van der Waals surface area contributed by atoms with Gasteiger partial charge in [-0.2, -0.15) is 0 Å². The van der Waals surface area contributed by atoms with Gasteiger partial charge in [-0.1, -0.05) is 12.1 Å². The largest absolute Gasteiger partial charge is 0.366 e. The molecule has 0 saturated heterocycles. The third-order valence-electron chi connectivity index (χ3n) is 6.59. The van der Waals surface area contributed by atoms with Crippen LogP contribution in [-0.2, 0) is 17.8 Å². The zero-order valence-corrected chi connectivity index (χ0v) is 22.2. The van der Waals surface area contributed by atoms with Gasteiger partial charge in [0, 0.05) is 36.1 Å². The second-order valence-corrected chi connectivity index (χ2v) is 10.3. The zero-order chi connectivity index (χ0) is 27.7. The number of carbonyl (C=O) groups excluding carboxylic acids is 2. The number of hydrogen-bond donors (Lipinski definition) is 1. The summed E-state index contributed by atoms with van der Waals surface area (Å²) in [4.78, 5) is 34.0. The summed E-state index contributed by atoms with van der Waals surface area (Å²) in [5.74, 6) is -2.93. The van der Waals surface area contributed by atoms with Crippen LogP contribution in [0.3, 0.4) is 0 Å². The molecule has 5 rings (SSSR count). The van der Waals surface area contributed by atoms with Crippen molar-refractivity contribution in [2.75, 3.05) is 0 Å². The molecule has 4 aromatic rings. The van der Waals surface area contributed by atoms with Crippen LogP contribution >= 0.6 is 15.9 Å². The molecule has 1 saturated carbocycles. The fourth-order valence-corrected chi connectivity index (χ4v) is 5.11. The lowest BCUT2D eigenvalue weighted by molar-refractivity contribution is -0.120. The van der Waals surface area contributed by atoms with Crippen LogP contribution in [0.5, 0.6) is 0 Å². The van der Waals surface area contributed by atoms with Crippen molar-refractivity contribution in [1.29, 1.82) is 0 Å². The smallest absolute Gasteiger partial charge is 0.251 e. The fourth-order valence-electron chi connectivity index (χ4n) is 4.74. The number of ketones is 1. The lowest BCUT2D eigenvalue weighted by atomic mass is 9.86. The van der Waals surface area contributed by atoms with Crippen molar-refractivity contribution >= 4 is 27.6 Å². The molecule has 0 bridgehead atoms. The summed E-state index contributed by atoms with van der Waals surface area (Å²) in [5.41, 5.74) is 6.87. The van der Waals surface area contributed by atoms with Crippen molar-refractivity contribution < 1.29 is 22.8 Å². The fraction of sp³-hybridized carbons (Fsp3) is 0.250. The van der Waals surface area contributed by atoms with Crippen LogP contribution in [0.15, 0.2) is 59.5 Å². The average molecular weight is 598 g/mol. The van der Waals surface area contributed by atoms with E-state index in [9.17, 15) is 22.8 Å². The average Bonchev–Trinajstić information content (AvgIpc) is 3.65. The topological polar surface area (TPSA) is 104 Å². The molecule has 1 aliphatic carbocycles. The normalized spacial score (nSPS) is 13.8. The Bertz CT molecular complexity index is 1550. The molecule has 0 aliphatic heterocycles. The summed E-state index contributed by atoms with van der Waals surface area (Å²) in [7, 11) is 0. The van der Waals surface area contributed by atoms with Gasteiger partial charge in [-0.05, 0) is 76.7 Å². The molecule has 1 fully saturated rings. The molecule has 0 spiro atoms. The molecule has 200 valence electrons. The lowest BCUT2D eigenvalue weighted by Gasteiger charge is -2.20. The highest BCUT2D eigenvalue weighted by Crippen LogP contribution is 2.39. The number of halogens is 4. The van der Waals surface area contributed by atoms with Gasteiger partial charge in [0.05, 0.1) is 11.3 Å². The third-order valence-corrected chi connectivity index (χ3v) is 6.93. The van der Waals surface area contributed by atoms with Gasteiger partial charge in [0.2, 0.25) is 4.73 Å². The van der Waals surface area contributed by atoms with E-state index in [2.05, 4.69) is 31.0 Å². The highest BCUT2D eigenvalue weighted by atomic mass is 79.9. The number of Topliss-reactive ketones (excluding diaryl/α,β-unsaturated/α-hetero) is 1. The number of amides is 1. The highest BCUT2D eigenvalue weighted by molar-refractivity contribution is 9.10. The van der Waals surface area contributed by atoms with E-state index in [0.29, 0.717) is 27.1 Å². The predicted octanol–water partition coefficient (Wildman–Crippen LogP) is 5.48. The van der Waals surface area contributed by atoms with Crippen molar-refractivity contribution in [3.63, 3.8) is 0 Å². The van der Waals surface area contributed by atoms with E-state index < -0.39 is 29.3 Å². The maximum atomic E-state index is 14.2. The van der Waals surface area contributed by atoms with E-state index in [1.165, 1.54) is 24.3 Å². The van der Waals surface area contributed by atoms with E-state index in [4.69, 9.17) is 5.73 Å². The number of rotatable bonds is 10. The van der Waals surface area contributed by atoms with E-state index in [0.717, 1.165) is 30.8 Å². The monoisotopic (exact) mass is 597 g/mol. The Balaban J connectivity index is 1.51. The lowest BCUT2D eigenvalue weighted by Crippen LogP contribution is -2.19. The predicted molar refractivity (Wildman–Crippen MR) is 140 cm³/mol. The minimum absolute atomic E-state index is 0.0202. The summed E-state index contributed by atoms with van der Waals surface area (Å²) in [6.45, 7) is -0.0248. The molecule has 1 atom stereocenters. The van der Waals surface area contributed by atoms with Crippen molar-refractivity contribution in [2.24, 2.45) is 5.73 Å². The molecule has 2 aromatic carbocycles.